The number of carbonyl (C=O) groups excluding carboxylic acids is 2. The van der Waals surface area contributed by atoms with Gasteiger partial charge in [-0.25, -0.2) is 0 Å². The van der Waals surface area contributed by atoms with E-state index in [-0.39, 0.29) is 11.9 Å². The fraction of sp³-hybridized carbons (Fsp3) is 0.966. The first-order chi connectivity index (χ1) is 31.1. The summed E-state index contributed by atoms with van der Waals surface area (Å²) in [5.74, 6) is 1.47. The molecule has 376 valence electrons. The van der Waals surface area contributed by atoms with Crippen LogP contribution >= 0.6 is 11.8 Å². The lowest BCUT2D eigenvalue weighted by molar-refractivity contribution is -0.155. The molecule has 0 aliphatic heterocycles. The molecule has 0 rings (SSSR count). The minimum Gasteiger partial charge on any atom is -0.466 e. The van der Waals surface area contributed by atoms with E-state index in [2.05, 4.69) is 27.7 Å². The Morgan fingerprint density at radius 3 is 0.889 bits per heavy atom. The second-order valence-corrected chi connectivity index (χ2v) is 21.2. The predicted molar refractivity (Wildman–Crippen MR) is 281 cm³/mol. The number of hydrogen-bond donors (Lipinski definition) is 0. The van der Waals surface area contributed by atoms with Crippen molar-refractivity contribution in [1.29, 1.82) is 0 Å². The van der Waals surface area contributed by atoms with Crippen LogP contribution in [0.1, 0.15) is 329 Å². The van der Waals surface area contributed by atoms with Crippen LogP contribution in [0.2, 0.25) is 0 Å². The molecule has 0 aromatic rings. The highest BCUT2D eigenvalue weighted by atomic mass is 32.2. The van der Waals surface area contributed by atoms with E-state index >= 15 is 0 Å². The van der Waals surface area contributed by atoms with Gasteiger partial charge >= 0.3 is 11.9 Å². The van der Waals surface area contributed by atoms with Crippen LogP contribution in [0.5, 0.6) is 0 Å². The van der Waals surface area contributed by atoms with E-state index in [1.165, 1.54) is 244 Å². The Hall–Kier alpha value is -0.710. The van der Waals surface area contributed by atoms with Gasteiger partial charge in [-0.05, 0) is 25.7 Å². The van der Waals surface area contributed by atoms with E-state index in [9.17, 15) is 9.59 Å². The lowest BCUT2D eigenvalue weighted by Gasteiger charge is -2.32. The molecule has 0 heterocycles. The summed E-state index contributed by atoms with van der Waals surface area (Å²) in [4.78, 5) is 27.1. The third-order valence-electron chi connectivity index (χ3n) is 13.8. The first-order valence-corrected chi connectivity index (χ1v) is 30.1. The van der Waals surface area contributed by atoms with Crippen LogP contribution in [-0.4, -0.2) is 36.7 Å². The van der Waals surface area contributed by atoms with Gasteiger partial charge in [0.1, 0.15) is 0 Å². The number of esters is 2. The van der Waals surface area contributed by atoms with Crippen molar-refractivity contribution in [1.82, 2.24) is 0 Å². The zero-order chi connectivity index (χ0) is 45.8. The largest absolute Gasteiger partial charge is 0.466 e. The van der Waals surface area contributed by atoms with Crippen LogP contribution in [0.3, 0.4) is 0 Å². The maximum absolute atomic E-state index is 14.3. The summed E-state index contributed by atoms with van der Waals surface area (Å²) in [5.41, 5.74) is -0.444. The maximum atomic E-state index is 14.3. The highest BCUT2D eigenvalue weighted by Crippen LogP contribution is 2.38. The third kappa shape index (κ3) is 44.9. The molecule has 0 spiro atoms. The van der Waals surface area contributed by atoms with E-state index in [0.717, 1.165) is 62.9 Å². The number of carbonyl (C=O) groups is 2. The smallest absolute Gasteiger partial charge is 0.312 e. The first-order valence-electron chi connectivity index (χ1n) is 29.0. The summed E-state index contributed by atoms with van der Waals surface area (Å²) in [6.45, 7) is 10.3. The molecule has 0 amide bonds. The Bertz CT molecular complexity index is 879. The van der Waals surface area contributed by atoms with Gasteiger partial charge in [0.15, 0.2) is 0 Å². The summed E-state index contributed by atoms with van der Waals surface area (Å²) in [7, 11) is 0. The highest BCUT2D eigenvalue weighted by Gasteiger charge is 2.39. The molecule has 0 saturated heterocycles. The van der Waals surface area contributed by atoms with Crippen molar-refractivity contribution in [2.45, 2.75) is 329 Å². The summed E-state index contributed by atoms with van der Waals surface area (Å²) in [6.07, 6.45) is 59.8. The first kappa shape index (κ1) is 62.3. The van der Waals surface area contributed by atoms with E-state index in [1.807, 2.05) is 0 Å². The van der Waals surface area contributed by atoms with Crippen molar-refractivity contribution in [3.8, 4) is 0 Å². The molecule has 0 fully saturated rings. The summed E-state index contributed by atoms with van der Waals surface area (Å²) in [5, 5.41) is 0. The highest BCUT2D eigenvalue weighted by molar-refractivity contribution is 7.99. The zero-order valence-corrected chi connectivity index (χ0v) is 44.4. The monoisotopic (exact) mass is 907 g/mol. The minimum atomic E-state index is -0.444. The molecule has 0 unspecified atom stereocenters. The summed E-state index contributed by atoms with van der Waals surface area (Å²) in [6, 6.07) is 0. The number of unbranched alkanes of at least 4 members (excludes halogenated alkanes) is 40. The fourth-order valence-electron chi connectivity index (χ4n) is 9.32. The molecule has 0 atom stereocenters. The van der Waals surface area contributed by atoms with E-state index in [4.69, 9.17) is 9.47 Å². The minimum absolute atomic E-state index is 0.0561. The predicted octanol–water partition coefficient (Wildman–Crippen LogP) is 20.2. The molecule has 4 nitrogen and oxygen atoms in total. The van der Waals surface area contributed by atoms with Crippen LogP contribution in [0, 0.1) is 5.41 Å². The van der Waals surface area contributed by atoms with Crippen molar-refractivity contribution in [2.75, 3.05) is 24.7 Å². The lowest BCUT2D eigenvalue weighted by atomic mass is 9.79. The van der Waals surface area contributed by atoms with Crippen molar-refractivity contribution < 1.29 is 19.1 Å². The van der Waals surface area contributed by atoms with Gasteiger partial charge in [0.05, 0.1) is 25.0 Å². The standard InChI is InChI=1S/C58H114O4S/c1-5-9-13-17-21-25-29-31-33-37-41-45-50-58(51-46-42-38-34-32-30-26-22-18-14-10-6-2,57(60)62-53-48-44-40-36-28-24-20-16-12-8-4)55-63-54-49-56(59)61-52-47-43-39-35-27-23-19-15-11-7-3/h5-55H2,1-4H3. The van der Waals surface area contributed by atoms with Gasteiger partial charge < -0.3 is 9.47 Å². The Labute approximate surface area is 400 Å². The van der Waals surface area contributed by atoms with Gasteiger partial charge in [-0.2, -0.15) is 11.8 Å². The molecule has 0 saturated carbocycles. The molecule has 0 aromatic carbocycles. The molecular weight excluding hydrogens is 793 g/mol. The number of ether oxygens (including phenoxy) is 2. The van der Waals surface area contributed by atoms with E-state index in [1.54, 1.807) is 11.8 Å². The van der Waals surface area contributed by atoms with Crippen LogP contribution in [0.4, 0.5) is 0 Å². The quantitative estimate of drug-likeness (QED) is 0.0450. The van der Waals surface area contributed by atoms with Crippen LogP contribution < -0.4 is 0 Å². The van der Waals surface area contributed by atoms with Gasteiger partial charge in [0.2, 0.25) is 0 Å². The molecule has 0 aliphatic carbocycles. The molecule has 0 N–H and O–H groups in total. The van der Waals surface area contributed by atoms with Crippen molar-refractivity contribution >= 4 is 23.7 Å². The summed E-state index contributed by atoms with van der Waals surface area (Å²) >= 11 is 1.80. The average molecular weight is 908 g/mol. The number of rotatable bonds is 54. The molecule has 5 heteroatoms. The second-order valence-electron chi connectivity index (χ2n) is 20.1. The Balaban J connectivity index is 5.15. The second kappa shape index (κ2) is 52.3. The Kier molecular flexibility index (Phi) is 51.7. The normalized spacial score (nSPS) is 11.7. The van der Waals surface area contributed by atoms with Gasteiger partial charge in [0, 0.05) is 11.5 Å². The molecule has 0 aromatic heterocycles. The average Bonchev–Trinajstić information content (AvgIpc) is 3.29. The molecule has 0 radical (unpaired) electrons. The Morgan fingerprint density at radius 1 is 0.333 bits per heavy atom. The molecule has 0 aliphatic rings. The van der Waals surface area contributed by atoms with Crippen molar-refractivity contribution in [2.24, 2.45) is 5.41 Å². The lowest BCUT2D eigenvalue weighted by Crippen LogP contribution is -2.36. The molecule has 0 bridgehead atoms. The van der Waals surface area contributed by atoms with Gasteiger partial charge in [-0.1, -0.05) is 297 Å². The van der Waals surface area contributed by atoms with E-state index in [0.29, 0.717) is 19.6 Å². The molecule has 63 heavy (non-hydrogen) atoms. The van der Waals surface area contributed by atoms with Crippen molar-refractivity contribution in [3.63, 3.8) is 0 Å². The number of hydrogen-bond acceptors (Lipinski definition) is 5. The maximum Gasteiger partial charge on any atom is 0.312 e. The van der Waals surface area contributed by atoms with Crippen LogP contribution in [-0.2, 0) is 19.1 Å². The SMILES string of the molecule is CCCCCCCCCCCCCCC(CCCCCCCCCCCCCC)(CSCCC(=O)OCCCCCCCCCCCC)C(=O)OCCCCCCCCCCCC. The summed E-state index contributed by atoms with van der Waals surface area (Å²) < 4.78 is 11.9. The van der Waals surface area contributed by atoms with Crippen LogP contribution in [0.15, 0.2) is 0 Å². The fourth-order valence-corrected chi connectivity index (χ4v) is 10.6. The van der Waals surface area contributed by atoms with E-state index < -0.39 is 5.41 Å². The zero-order valence-electron chi connectivity index (χ0n) is 43.6. The number of thioether (sulfide) groups is 1. The van der Waals surface area contributed by atoms with Gasteiger partial charge in [0.25, 0.3) is 0 Å². The third-order valence-corrected chi connectivity index (χ3v) is 15.0. The topological polar surface area (TPSA) is 52.6 Å². The van der Waals surface area contributed by atoms with Gasteiger partial charge in [-0.15, -0.1) is 0 Å². The Morgan fingerprint density at radius 2 is 0.587 bits per heavy atom. The van der Waals surface area contributed by atoms with Crippen LogP contribution in [0.25, 0.3) is 0 Å². The molecular formula is C58H114O4S. The van der Waals surface area contributed by atoms with Crippen molar-refractivity contribution in [3.05, 3.63) is 0 Å². The van der Waals surface area contributed by atoms with Gasteiger partial charge in [-0.3, -0.25) is 9.59 Å².